The first-order chi connectivity index (χ1) is 4.46. The van der Waals surface area contributed by atoms with Crippen molar-refractivity contribution in [2.45, 2.75) is 52.0 Å². The van der Waals surface area contributed by atoms with Crippen LogP contribution in [0.3, 0.4) is 0 Å². The molecule has 0 aromatic heterocycles. The zero-order valence-corrected chi connectivity index (χ0v) is 7.41. The van der Waals surface area contributed by atoms with Crippen LogP contribution in [0.15, 0.2) is 0 Å². The molecular formula is C9H19N. The highest BCUT2D eigenvalue weighted by molar-refractivity contribution is 4.98. The quantitative estimate of drug-likeness (QED) is 0.550. The molecular weight excluding hydrogens is 122 g/mol. The second-order valence-electron chi connectivity index (χ2n) is 4.61. The minimum absolute atomic E-state index is 0.132. The molecule has 1 heteroatoms. The first-order valence-electron chi connectivity index (χ1n) is 4.25. The summed E-state index contributed by atoms with van der Waals surface area (Å²) in [6, 6.07) is 0. The molecule has 60 valence electrons. The maximum absolute atomic E-state index is 6.24. The second kappa shape index (κ2) is 2.23. The minimum Gasteiger partial charge on any atom is -0.325 e. The van der Waals surface area contributed by atoms with Gasteiger partial charge in [0.2, 0.25) is 0 Å². The molecule has 0 amide bonds. The van der Waals surface area contributed by atoms with Crippen LogP contribution in [0.1, 0.15) is 46.5 Å². The molecule has 0 spiro atoms. The van der Waals surface area contributed by atoms with Gasteiger partial charge in [0.15, 0.2) is 0 Å². The van der Waals surface area contributed by atoms with Crippen molar-refractivity contribution in [2.24, 2.45) is 11.1 Å². The number of rotatable bonds is 0. The van der Waals surface area contributed by atoms with E-state index in [2.05, 4.69) is 20.8 Å². The molecule has 1 rings (SSSR count). The molecule has 10 heavy (non-hydrogen) atoms. The average molecular weight is 141 g/mol. The summed E-state index contributed by atoms with van der Waals surface area (Å²) in [7, 11) is 0. The lowest BCUT2D eigenvalue weighted by atomic mass is 9.73. The van der Waals surface area contributed by atoms with Gasteiger partial charge in [-0.1, -0.05) is 33.6 Å². The van der Waals surface area contributed by atoms with Crippen molar-refractivity contribution in [3.8, 4) is 0 Å². The van der Waals surface area contributed by atoms with Crippen molar-refractivity contribution in [1.29, 1.82) is 0 Å². The van der Waals surface area contributed by atoms with E-state index in [9.17, 15) is 0 Å². The Hall–Kier alpha value is -0.0400. The van der Waals surface area contributed by atoms with Gasteiger partial charge in [0.05, 0.1) is 0 Å². The SMILES string of the molecule is CC(C)(C)C1(N)CCCC1. The predicted octanol–water partition coefficient (Wildman–Crippen LogP) is 2.30. The van der Waals surface area contributed by atoms with Gasteiger partial charge in [-0.25, -0.2) is 0 Å². The fourth-order valence-corrected chi connectivity index (χ4v) is 1.76. The van der Waals surface area contributed by atoms with E-state index in [4.69, 9.17) is 5.73 Å². The summed E-state index contributed by atoms with van der Waals surface area (Å²) < 4.78 is 0. The highest BCUT2D eigenvalue weighted by atomic mass is 14.8. The van der Waals surface area contributed by atoms with E-state index in [1.165, 1.54) is 25.7 Å². The molecule has 0 aliphatic heterocycles. The Morgan fingerprint density at radius 3 is 1.70 bits per heavy atom. The maximum Gasteiger partial charge on any atom is 0.0203 e. The molecule has 0 atom stereocenters. The number of hydrogen-bond donors (Lipinski definition) is 1. The highest BCUT2D eigenvalue weighted by Crippen LogP contribution is 2.40. The van der Waals surface area contributed by atoms with Gasteiger partial charge >= 0.3 is 0 Å². The Labute approximate surface area is 64.0 Å². The third-order valence-corrected chi connectivity index (χ3v) is 2.99. The minimum atomic E-state index is 0.132. The van der Waals surface area contributed by atoms with Crippen LogP contribution in [0.25, 0.3) is 0 Å². The van der Waals surface area contributed by atoms with Crippen molar-refractivity contribution in [1.82, 2.24) is 0 Å². The van der Waals surface area contributed by atoms with E-state index in [-0.39, 0.29) is 5.54 Å². The monoisotopic (exact) mass is 141 g/mol. The number of hydrogen-bond acceptors (Lipinski definition) is 1. The van der Waals surface area contributed by atoms with Crippen LogP contribution < -0.4 is 5.73 Å². The van der Waals surface area contributed by atoms with E-state index in [0.717, 1.165) is 0 Å². The normalized spacial score (nSPS) is 25.2. The summed E-state index contributed by atoms with van der Waals surface area (Å²) in [6.07, 6.45) is 5.09. The van der Waals surface area contributed by atoms with Crippen LogP contribution in [-0.4, -0.2) is 5.54 Å². The standard InChI is InChI=1S/C9H19N/c1-8(2,3)9(10)6-4-5-7-9/h4-7,10H2,1-3H3. The zero-order chi connectivity index (χ0) is 7.83. The molecule has 0 bridgehead atoms. The molecule has 1 aliphatic carbocycles. The maximum atomic E-state index is 6.24. The lowest BCUT2D eigenvalue weighted by molar-refractivity contribution is 0.193. The molecule has 1 nitrogen and oxygen atoms in total. The van der Waals surface area contributed by atoms with Gasteiger partial charge in [-0.05, 0) is 18.3 Å². The summed E-state index contributed by atoms with van der Waals surface area (Å²) in [5, 5.41) is 0. The van der Waals surface area contributed by atoms with E-state index < -0.39 is 0 Å². The smallest absolute Gasteiger partial charge is 0.0203 e. The van der Waals surface area contributed by atoms with E-state index >= 15 is 0 Å². The van der Waals surface area contributed by atoms with Crippen molar-refractivity contribution in [2.75, 3.05) is 0 Å². The Morgan fingerprint density at radius 2 is 1.50 bits per heavy atom. The van der Waals surface area contributed by atoms with Gasteiger partial charge in [0.1, 0.15) is 0 Å². The Morgan fingerprint density at radius 1 is 1.10 bits per heavy atom. The van der Waals surface area contributed by atoms with Gasteiger partial charge in [0.25, 0.3) is 0 Å². The van der Waals surface area contributed by atoms with Crippen LogP contribution >= 0.6 is 0 Å². The van der Waals surface area contributed by atoms with Crippen LogP contribution in [0.4, 0.5) is 0 Å². The predicted molar refractivity (Wildman–Crippen MR) is 44.8 cm³/mol. The molecule has 1 saturated carbocycles. The molecule has 0 radical (unpaired) electrons. The van der Waals surface area contributed by atoms with Crippen molar-refractivity contribution in [3.05, 3.63) is 0 Å². The molecule has 0 heterocycles. The molecule has 2 N–H and O–H groups in total. The highest BCUT2D eigenvalue weighted by Gasteiger charge is 2.39. The largest absolute Gasteiger partial charge is 0.325 e. The van der Waals surface area contributed by atoms with Gasteiger partial charge in [-0.15, -0.1) is 0 Å². The van der Waals surface area contributed by atoms with Gasteiger partial charge in [0, 0.05) is 5.54 Å². The van der Waals surface area contributed by atoms with Crippen molar-refractivity contribution in [3.63, 3.8) is 0 Å². The van der Waals surface area contributed by atoms with Crippen LogP contribution in [0, 0.1) is 5.41 Å². The Kier molecular flexibility index (Phi) is 1.80. The topological polar surface area (TPSA) is 26.0 Å². The first kappa shape index (κ1) is 8.06. The van der Waals surface area contributed by atoms with Crippen LogP contribution in [0.2, 0.25) is 0 Å². The fourth-order valence-electron chi connectivity index (χ4n) is 1.76. The van der Waals surface area contributed by atoms with Crippen molar-refractivity contribution >= 4 is 0 Å². The molecule has 0 unspecified atom stereocenters. The molecule has 1 fully saturated rings. The zero-order valence-electron chi connectivity index (χ0n) is 7.41. The van der Waals surface area contributed by atoms with Gasteiger partial charge in [-0.3, -0.25) is 0 Å². The van der Waals surface area contributed by atoms with Crippen LogP contribution in [-0.2, 0) is 0 Å². The third kappa shape index (κ3) is 1.20. The van der Waals surface area contributed by atoms with Gasteiger partial charge < -0.3 is 5.73 Å². The molecule has 0 saturated heterocycles. The van der Waals surface area contributed by atoms with Gasteiger partial charge in [-0.2, -0.15) is 0 Å². The summed E-state index contributed by atoms with van der Waals surface area (Å²) in [6.45, 7) is 6.74. The van der Waals surface area contributed by atoms with E-state index in [0.29, 0.717) is 5.41 Å². The lowest BCUT2D eigenvalue weighted by Gasteiger charge is -2.38. The summed E-state index contributed by atoms with van der Waals surface area (Å²) >= 11 is 0. The average Bonchev–Trinajstić information content (AvgIpc) is 2.13. The number of nitrogens with two attached hydrogens (primary N) is 1. The third-order valence-electron chi connectivity index (χ3n) is 2.99. The van der Waals surface area contributed by atoms with E-state index in [1.54, 1.807) is 0 Å². The fraction of sp³-hybridized carbons (Fsp3) is 1.00. The van der Waals surface area contributed by atoms with Crippen LogP contribution in [0.5, 0.6) is 0 Å². The molecule has 1 aliphatic rings. The molecule has 0 aromatic rings. The summed E-state index contributed by atoms with van der Waals surface area (Å²) in [5.74, 6) is 0. The second-order valence-corrected chi connectivity index (χ2v) is 4.61. The molecule has 0 aromatic carbocycles. The lowest BCUT2D eigenvalue weighted by Crippen LogP contribution is -2.48. The first-order valence-corrected chi connectivity index (χ1v) is 4.25. The van der Waals surface area contributed by atoms with Crippen molar-refractivity contribution < 1.29 is 0 Å². The Balaban J connectivity index is 2.67. The Bertz CT molecular complexity index is 115. The van der Waals surface area contributed by atoms with E-state index in [1.807, 2.05) is 0 Å². The summed E-state index contributed by atoms with van der Waals surface area (Å²) in [5.41, 5.74) is 6.66. The summed E-state index contributed by atoms with van der Waals surface area (Å²) in [4.78, 5) is 0.